The fourth-order valence-corrected chi connectivity index (χ4v) is 2.58. The number of imide groups is 2. The summed E-state index contributed by atoms with van der Waals surface area (Å²) in [5.74, 6) is -0.863. The molecule has 0 unspecified atom stereocenters. The molecule has 2 heterocycles. The first kappa shape index (κ1) is 23.7. The Morgan fingerprint density at radius 2 is 1.04 bits per heavy atom. The van der Waals surface area contributed by atoms with Crippen molar-refractivity contribution in [3.63, 3.8) is 0 Å². The zero-order valence-electron chi connectivity index (χ0n) is 16.7. The molecule has 0 aromatic heterocycles. The zero-order valence-corrected chi connectivity index (χ0v) is 16.7. The van der Waals surface area contributed by atoms with Gasteiger partial charge in [0, 0.05) is 50.7 Å². The summed E-state index contributed by atoms with van der Waals surface area (Å²) in [5, 5.41) is 0. The number of amides is 4. The molecule has 156 valence electrons. The number of carbonyl (C=O) groups excluding carboxylic acids is 4. The third-order valence-electron chi connectivity index (χ3n) is 4.09. The lowest BCUT2D eigenvalue weighted by Gasteiger charge is -2.12. The summed E-state index contributed by atoms with van der Waals surface area (Å²) < 4.78 is 10.2. The number of unbranched alkanes of at least 4 members (excludes halogenated alkanes) is 3. The summed E-state index contributed by atoms with van der Waals surface area (Å²) in [5.41, 5.74) is 0. The topological polar surface area (TPSA) is 93.2 Å². The summed E-state index contributed by atoms with van der Waals surface area (Å²) in [6.45, 7) is 7.32. The Morgan fingerprint density at radius 3 is 1.54 bits per heavy atom. The molecule has 2 aliphatic rings. The Kier molecular flexibility index (Phi) is 11.7. The second-order valence-corrected chi connectivity index (χ2v) is 6.13. The van der Waals surface area contributed by atoms with E-state index in [9.17, 15) is 19.2 Å². The van der Waals surface area contributed by atoms with Gasteiger partial charge in [-0.1, -0.05) is 12.8 Å². The van der Waals surface area contributed by atoms with Gasteiger partial charge in [0.1, 0.15) is 0 Å². The second kappa shape index (κ2) is 13.8. The van der Waals surface area contributed by atoms with Crippen LogP contribution in [-0.2, 0) is 28.7 Å². The minimum absolute atomic E-state index is 0.181. The van der Waals surface area contributed by atoms with Crippen LogP contribution in [0.1, 0.15) is 39.5 Å². The van der Waals surface area contributed by atoms with Crippen LogP contribution in [0.2, 0.25) is 0 Å². The third kappa shape index (κ3) is 8.58. The molecule has 0 aromatic rings. The molecule has 0 atom stereocenters. The first-order valence-corrected chi connectivity index (χ1v) is 9.73. The maximum absolute atomic E-state index is 11.2. The van der Waals surface area contributed by atoms with E-state index in [2.05, 4.69) is 0 Å². The van der Waals surface area contributed by atoms with Crippen molar-refractivity contribution >= 4 is 23.6 Å². The maximum atomic E-state index is 11.2. The van der Waals surface area contributed by atoms with E-state index >= 15 is 0 Å². The normalized spacial score (nSPS) is 15.6. The molecule has 0 spiro atoms. The predicted molar refractivity (Wildman–Crippen MR) is 103 cm³/mol. The van der Waals surface area contributed by atoms with Crippen LogP contribution in [0.15, 0.2) is 24.3 Å². The van der Waals surface area contributed by atoms with Crippen LogP contribution in [0.4, 0.5) is 0 Å². The number of hydrogen-bond acceptors (Lipinski definition) is 6. The van der Waals surface area contributed by atoms with E-state index in [1.807, 2.05) is 13.8 Å². The molecule has 0 saturated carbocycles. The van der Waals surface area contributed by atoms with Gasteiger partial charge in [-0.15, -0.1) is 0 Å². The average Bonchev–Trinajstić information content (AvgIpc) is 3.17. The average molecular weight is 394 g/mol. The molecular weight excluding hydrogens is 364 g/mol. The van der Waals surface area contributed by atoms with Gasteiger partial charge >= 0.3 is 0 Å². The van der Waals surface area contributed by atoms with Crippen LogP contribution < -0.4 is 0 Å². The van der Waals surface area contributed by atoms with E-state index in [1.165, 1.54) is 29.2 Å². The van der Waals surface area contributed by atoms with E-state index in [1.54, 1.807) is 0 Å². The minimum Gasteiger partial charge on any atom is -0.382 e. The van der Waals surface area contributed by atoms with E-state index in [0.717, 1.165) is 43.8 Å². The Bertz CT molecular complexity index is 564. The van der Waals surface area contributed by atoms with Gasteiger partial charge in [0.05, 0.1) is 13.2 Å². The molecule has 0 fully saturated rings. The lowest BCUT2D eigenvalue weighted by atomic mass is 10.2. The molecule has 2 aliphatic heterocycles. The molecule has 0 bridgehead atoms. The number of carbonyl (C=O) groups is 4. The van der Waals surface area contributed by atoms with E-state index in [4.69, 9.17) is 9.47 Å². The van der Waals surface area contributed by atoms with Gasteiger partial charge in [0.15, 0.2) is 0 Å². The molecule has 0 N–H and O–H groups in total. The van der Waals surface area contributed by atoms with Gasteiger partial charge in [0.25, 0.3) is 23.6 Å². The molecule has 0 radical (unpaired) electrons. The van der Waals surface area contributed by atoms with Crippen LogP contribution in [0.25, 0.3) is 0 Å². The van der Waals surface area contributed by atoms with Crippen LogP contribution >= 0.6 is 0 Å². The van der Waals surface area contributed by atoms with Crippen LogP contribution in [0, 0.1) is 0 Å². The Labute approximate surface area is 166 Å². The highest BCUT2D eigenvalue weighted by atomic mass is 16.5. The van der Waals surface area contributed by atoms with Crippen LogP contribution in [-0.4, -0.2) is 72.9 Å². The highest BCUT2D eigenvalue weighted by molar-refractivity contribution is 6.13. The van der Waals surface area contributed by atoms with Gasteiger partial charge in [-0.05, 0) is 26.7 Å². The van der Waals surface area contributed by atoms with Gasteiger partial charge in [-0.3, -0.25) is 29.0 Å². The standard InChI is InChI=1S/C12H19NO3.C8H11NO3/c1-2-16-10-6-4-3-5-9-13-11(14)7-8-12(13)15;1-2-12-6-5-9-7(10)3-4-8(9)11/h7-8H,2-6,9-10H2,1H3;3-4H,2,5-6H2,1H3. The summed E-state index contributed by atoms with van der Waals surface area (Å²) >= 11 is 0. The molecule has 0 aromatic carbocycles. The van der Waals surface area contributed by atoms with Gasteiger partial charge < -0.3 is 9.47 Å². The minimum atomic E-state index is -0.250. The van der Waals surface area contributed by atoms with Crippen molar-refractivity contribution < 1.29 is 28.7 Å². The Hall–Kier alpha value is -2.32. The Balaban J connectivity index is 0.000000292. The largest absolute Gasteiger partial charge is 0.382 e. The fraction of sp³-hybridized carbons (Fsp3) is 0.600. The molecular formula is C20H30N2O6. The first-order valence-electron chi connectivity index (χ1n) is 9.73. The molecule has 8 heteroatoms. The van der Waals surface area contributed by atoms with Crippen molar-refractivity contribution in [3.05, 3.63) is 24.3 Å². The van der Waals surface area contributed by atoms with E-state index < -0.39 is 0 Å². The predicted octanol–water partition coefficient (Wildman–Crippen LogP) is 1.46. The van der Waals surface area contributed by atoms with Crippen molar-refractivity contribution in [2.75, 3.05) is 39.5 Å². The van der Waals surface area contributed by atoms with Crippen molar-refractivity contribution in [1.82, 2.24) is 9.80 Å². The number of ether oxygens (including phenoxy) is 2. The lowest BCUT2D eigenvalue weighted by Crippen LogP contribution is -2.33. The summed E-state index contributed by atoms with van der Waals surface area (Å²) in [6.07, 6.45) is 9.25. The lowest BCUT2D eigenvalue weighted by molar-refractivity contribution is -0.138. The number of rotatable bonds is 12. The Morgan fingerprint density at radius 1 is 0.607 bits per heavy atom. The molecule has 8 nitrogen and oxygen atoms in total. The molecule has 4 amide bonds. The van der Waals surface area contributed by atoms with E-state index in [-0.39, 0.29) is 23.6 Å². The van der Waals surface area contributed by atoms with Crippen molar-refractivity contribution in [3.8, 4) is 0 Å². The van der Waals surface area contributed by atoms with Crippen molar-refractivity contribution in [2.45, 2.75) is 39.5 Å². The smallest absolute Gasteiger partial charge is 0.253 e. The number of nitrogens with zero attached hydrogens (tertiary/aromatic N) is 2. The summed E-state index contributed by atoms with van der Waals surface area (Å²) in [4.78, 5) is 46.7. The van der Waals surface area contributed by atoms with Gasteiger partial charge in [0.2, 0.25) is 0 Å². The van der Waals surface area contributed by atoms with Crippen LogP contribution in [0.5, 0.6) is 0 Å². The summed E-state index contributed by atoms with van der Waals surface area (Å²) in [6, 6.07) is 0. The first-order chi connectivity index (χ1) is 13.5. The SMILES string of the molecule is CCOCCCCCCN1C(=O)C=CC1=O.CCOCCN1C(=O)C=CC1=O. The molecule has 0 saturated heterocycles. The molecule has 0 aliphatic carbocycles. The highest BCUT2D eigenvalue weighted by Gasteiger charge is 2.22. The third-order valence-corrected chi connectivity index (χ3v) is 4.09. The van der Waals surface area contributed by atoms with Crippen LogP contribution in [0.3, 0.4) is 0 Å². The molecule has 28 heavy (non-hydrogen) atoms. The van der Waals surface area contributed by atoms with Crippen molar-refractivity contribution in [1.29, 1.82) is 0 Å². The van der Waals surface area contributed by atoms with Gasteiger partial charge in [-0.25, -0.2) is 0 Å². The van der Waals surface area contributed by atoms with Crippen molar-refractivity contribution in [2.24, 2.45) is 0 Å². The highest BCUT2D eigenvalue weighted by Crippen LogP contribution is 2.07. The molecule has 2 rings (SSSR count). The quantitative estimate of drug-likeness (QED) is 0.367. The zero-order chi connectivity index (χ0) is 20.8. The monoisotopic (exact) mass is 394 g/mol. The fourth-order valence-electron chi connectivity index (χ4n) is 2.58. The maximum Gasteiger partial charge on any atom is 0.253 e. The number of hydrogen-bond donors (Lipinski definition) is 0. The second-order valence-electron chi connectivity index (χ2n) is 6.13. The van der Waals surface area contributed by atoms with E-state index in [0.29, 0.717) is 26.3 Å². The van der Waals surface area contributed by atoms with Gasteiger partial charge in [-0.2, -0.15) is 0 Å². The summed E-state index contributed by atoms with van der Waals surface area (Å²) in [7, 11) is 0.